The van der Waals surface area contributed by atoms with Crippen LogP contribution in [0.2, 0.25) is 5.02 Å². The van der Waals surface area contributed by atoms with Crippen LogP contribution in [0.25, 0.3) is 0 Å². The van der Waals surface area contributed by atoms with Gasteiger partial charge in [-0.05, 0) is 42.1 Å². The molecule has 1 heterocycles. The van der Waals surface area contributed by atoms with E-state index >= 15 is 0 Å². The first kappa shape index (κ1) is 9.04. The van der Waals surface area contributed by atoms with E-state index in [1.807, 2.05) is 6.07 Å². The van der Waals surface area contributed by atoms with Crippen LogP contribution in [0.15, 0.2) is 18.2 Å². The van der Waals surface area contributed by atoms with Gasteiger partial charge in [-0.25, -0.2) is 0 Å². The van der Waals surface area contributed by atoms with Crippen LogP contribution in [0.4, 0.5) is 0 Å². The summed E-state index contributed by atoms with van der Waals surface area (Å²) in [4.78, 5) is 0. The van der Waals surface area contributed by atoms with Gasteiger partial charge in [-0.3, -0.25) is 0 Å². The molecule has 1 aromatic carbocycles. The van der Waals surface area contributed by atoms with Crippen LogP contribution in [0.1, 0.15) is 30.4 Å². The summed E-state index contributed by atoms with van der Waals surface area (Å²) in [5, 5.41) is 4.26. The van der Waals surface area contributed by atoms with Gasteiger partial charge in [-0.15, -0.1) is 0 Å². The maximum absolute atomic E-state index is 5.97. The molecule has 70 valence electrons. The van der Waals surface area contributed by atoms with E-state index in [0.717, 1.165) is 18.1 Å². The molecule has 1 atom stereocenters. The second-order valence-electron chi connectivity index (χ2n) is 3.71. The van der Waals surface area contributed by atoms with Crippen LogP contribution in [-0.2, 0) is 6.54 Å². The molecule has 1 N–H and O–H groups in total. The average Bonchev–Trinajstić information content (AvgIpc) is 2.29. The highest BCUT2D eigenvalue weighted by atomic mass is 35.5. The van der Waals surface area contributed by atoms with Crippen LogP contribution in [0, 0.1) is 0 Å². The molecule has 2 heteroatoms. The summed E-state index contributed by atoms with van der Waals surface area (Å²) in [6.45, 7) is 4.35. The Kier molecular flexibility index (Phi) is 2.56. The van der Waals surface area contributed by atoms with Crippen molar-refractivity contribution in [3.8, 4) is 0 Å². The van der Waals surface area contributed by atoms with Crippen molar-refractivity contribution in [1.29, 1.82) is 0 Å². The SMILES string of the molecule is CC1CCNCc2ccc(Cl)cc21. The van der Waals surface area contributed by atoms with Gasteiger partial charge in [-0.2, -0.15) is 0 Å². The number of nitrogens with one attached hydrogen (secondary N) is 1. The Morgan fingerprint density at radius 2 is 2.31 bits per heavy atom. The Labute approximate surface area is 84.1 Å². The first-order valence-corrected chi connectivity index (χ1v) is 5.14. The molecule has 1 nitrogen and oxygen atoms in total. The number of halogens is 1. The standard InChI is InChI=1S/C11H14ClN/c1-8-4-5-13-7-9-2-3-10(12)6-11(8)9/h2-3,6,8,13H,4-5,7H2,1H3. The summed E-state index contributed by atoms with van der Waals surface area (Å²) in [6, 6.07) is 6.21. The lowest BCUT2D eigenvalue weighted by atomic mass is 9.95. The van der Waals surface area contributed by atoms with Gasteiger partial charge >= 0.3 is 0 Å². The van der Waals surface area contributed by atoms with Gasteiger partial charge in [-0.1, -0.05) is 24.6 Å². The summed E-state index contributed by atoms with van der Waals surface area (Å²) in [5.74, 6) is 0.628. The zero-order valence-electron chi connectivity index (χ0n) is 7.81. The lowest BCUT2D eigenvalue weighted by Gasteiger charge is -2.11. The predicted octanol–water partition coefficient (Wildman–Crippen LogP) is 2.94. The topological polar surface area (TPSA) is 12.0 Å². The predicted molar refractivity (Wildman–Crippen MR) is 56.2 cm³/mol. The second-order valence-corrected chi connectivity index (χ2v) is 4.15. The Bertz CT molecular complexity index is 309. The maximum atomic E-state index is 5.97. The molecule has 0 saturated heterocycles. The van der Waals surface area contributed by atoms with Crippen molar-refractivity contribution < 1.29 is 0 Å². The monoisotopic (exact) mass is 195 g/mol. The van der Waals surface area contributed by atoms with Gasteiger partial charge < -0.3 is 5.32 Å². The fourth-order valence-corrected chi connectivity index (χ4v) is 2.06. The third-order valence-electron chi connectivity index (χ3n) is 2.71. The average molecular weight is 196 g/mol. The minimum atomic E-state index is 0.628. The number of hydrogen-bond donors (Lipinski definition) is 1. The lowest BCUT2D eigenvalue weighted by molar-refractivity contribution is 0.630. The molecule has 1 aliphatic rings. The maximum Gasteiger partial charge on any atom is 0.0409 e. The molecule has 0 bridgehead atoms. The molecule has 2 rings (SSSR count). The molecule has 0 aliphatic carbocycles. The van der Waals surface area contributed by atoms with Crippen molar-refractivity contribution in [2.24, 2.45) is 0 Å². The second kappa shape index (κ2) is 3.69. The zero-order chi connectivity index (χ0) is 9.26. The van der Waals surface area contributed by atoms with Crippen molar-refractivity contribution in [3.63, 3.8) is 0 Å². The normalized spacial score (nSPS) is 22.2. The molecule has 1 aliphatic heterocycles. The first-order chi connectivity index (χ1) is 6.27. The summed E-state index contributed by atoms with van der Waals surface area (Å²) < 4.78 is 0. The molecule has 1 aromatic rings. The molecule has 0 saturated carbocycles. The number of rotatable bonds is 0. The quantitative estimate of drug-likeness (QED) is 0.671. The fraction of sp³-hybridized carbons (Fsp3) is 0.455. The van der Waals surface area contributed by atoms with Gasteiger partial charge in [0.05, 0.1) is 0 Å². The van der Waals surface area contributed by atoms with Gasteiger partial charge in [0, 0.05) is 11.6 Å². The molecule has 0 fully saturated rings. The molecule has 13 heavy (non-hydrogen) atoms. The van der Waals surface area contributed by atoms with E-state index < -0.39 is 0 Å². The first-order valence-electron chi connectivity index (χ1n) is 4.76. The van der Waals surface area contributed by atoms with Crippen molar-refractivity contribution >= 4 is 11.6 Å². The van der Waals surface area contributed by atoms with Crippen molar-refractivity contribution in [2.45, 2.75) is 25.8 Å². The summed E-state index contributed by atoms with van der Waals surface area (Å²) in [7, 11) is 0. The van der Waals surface area contributed by atoms with E-state index in [4.69, 9.17) is 11.6 Å². The lowest BCUT2D eigenvalue weighted by Crippen LogP contribution is -2.12. The zero-order valence-corrected chi connectivity index (χ0v) is 8.56. The van der Waals surface area contributed by atoms with E-state index in [1.165, 1.54) is 17.5 Å². The van der Waals surface area contributed by atoms with E-state index in [9.17, 15) is 0 Å². The Morgan fingerprint density at radius 3 is 3.15 bits per heavy atom. The van der Waals surface area contributed by atoms with Gasteiger partial charge in [0.15, 0.2) is 0 Å². The van der Waals surface area contributed by atoms with Crippen LogP contribution in [0.5, 0.6) is 0 Å². The van der Waals surface area contributed by atoms with Gasteiger partial charge in [0.25, 0.3) is 0 Å². The van der Waals surface area contributed by atoms with Gasteiger partial charge in [0.2, 0.25) is 0 Å². The van der Waals surface area contributed by atoms with Crippen LogP contribution in [-0.4, -0.2) is 6.54 Å². The van der Waals surface area contributed by atoms with Crippen molar-refractivity contribution in [2.75, 3.05) is 6.54 Å². The minimum Gasteiger partial charge on any atom is -0.313 e. The van der Waals surface area contributed by atoms with E-state index in [-0.39, 0.29) is 0 Å². The minimum absolute atomic E-state index is 0.628. The molecule has 0 spiro atoms. The highest BCUT2D eigenvalue weighted by Crippen LogP contribution is 2.27. The fourth-order valence-electron chi connectivity index (χ4n) is 1.88. The van der Waals surface area contributed by atoms with Crippen LogP contribution >= 0.6 is 11.6 Å². The van der Waals surface area contributed by atoms with Crippen molar-refractivity contribution in [3.05, 3.63) is 34.3 Å². The van der Waals surface area contributed by atoms with E-state index in [1.54, 1.807) is 0 Å². The van der Waals surface area contributed by atoms with Crippen LogP contribution < -0.4 is 5.32 Å². The van der Waals surface area contributed by atoms with Crippen molar-refractivity contribution in [1.82, 2.24) is 5.32 Å². The molecule has 0 amide bonds. The summed E-state index contributed by atoms with van der Waals surface area (Å²) >= 11 is 5.97. The highest BCUT2D eigenvalue weighted by Gasteiger charge is 2.13. The largest absolute Gasteiger partial charge is 0.313 e. The number of hydrogen-bond acceptors (Lipinski definition) is 1. The Hall–Kier alpha value is -0.530. The molecular weight excluding hydrogens is 182 g/mol. The molecule has 0 radical (unpaired) electrons. The third kappa shape index (κ3) is 1.87. The molecular formula is C11H14ClN. The van der Waals surface area contributed by atoms with E-state index in [0.29, 0.717) is 5.92 Å². The summed E-state index contributed by atoms with van der Waals surface area (Å²) in [5.41, 5.74) is 2.81. The van der Waals surface area contributed by atoms with E-state index in [2.05, 4.69) is 24.4 Å². The van der Waals surface area contributed by atoms with Gasteiger partial charge in [0.1, 0.15) is 0 Å². The smallest absolute Gasteiger partial charge is 0.0409 e. The third-order valence-corrected chi connectivity index (χ3v) is 2.94. The highest BCUT2D eigenvalue weighted by molar-refractivity contribution is 6.30. The molecule has 1 unspecified atom stereocenters. The summed E-state index contributed by atoms with van der Waals surface area (Å²) in [6.07, 6.45) is 1.20. The molecule has 0 aromatic heterocycles. The number of benzene rings is 1. The Balaban J connectivity index is 2.43. The van der Waals surface area contributed by atoms with Crippen LogP contribution in [0.3, 0.4) is 0 Å². The number of fused-ring (bicyclic) bond motifs is 1. The Morgan fingerprint density at radius 1 is 1.46 bits per heavy atom.